The van der Waals surface area contributed by atoms with E-state index in [4.69, 9.17) is 32.7 Å². The molecule has 2 aromatic carbocycles. The zero-order chi connectivity index (χ0) is 25.3. The minimum atomic E-state index is -0.457. The molecular formula is C26H31Cl2FN2O3S. The summed E-state index contributed by atoms with van der Waals surface area (Å²) in [5, 5.41) is 0.683. The second-order valence-electron chi connectivity index (χ2n) is 10.3. The number of nitrogens with zero attached hydrogens (tertiary/aromatic N) is 2. The molecule has 2 bridgehead atoms. The maximum Gasteiger partial charge on any atom is 0.255 e. The lowest BCUT2D eigenvalue weighted by Gasteiger charge is -2.43. The number of halogens is 3. The van der Waals surface area contributed by atoms with Crippen LogP contribution in [0.4, 0.5) is 10.1 Å². The Morgan fingerprint density at radius 1 is 1.11 bits per heavy atom. The van der Waals surface area contributed by atoms with Crippen LogP contribution in [0.2, 0.25) is 10.0 Å². The zero-order valence-electron chi connectivity index (χ0n) is 20.4. The Kier molecular flexibility index (Phi) is 8.11. The number of piperazine rings is 1. The van der Waals surface area contributed by atoms with Crippen LogP contribution in [-0.2, 0) is 4.74 Å². The minimum absolute atomic E-state index is 0.0953. The molecule has 0 N–H and O–H groups in total. The van der Waals surface area contributed by atoms with Gasteiger partial charge in [0.25, 0.3) is 5.91 Å². The van der Waals surface area contributed by atoms with Crippen LogP contribution in [-0.4, -0.2) is 55.6 Å². The van der Waals surface area contributed by atoms with E-state index in [9.17, 15) is 9.18 Å². The summed E-state index contributed by atoms with van der Waals surface area (Å²) in [4.78, 5) is 18.5. The van der Waals surface area contributed by atoms with Crippen molar-refractivity contribution >= 4 is 46.6 Å². The van der Waals surface area contributed by atoms with Crippen molar-refractivity contribution in [2.24, 2.45) is 5.41 Å². The summed E-state index contributed by atoms with van der Waals surface area (Å²) >= 11 is 14.7. The van der Waals surface area contributed by atoms with E-state index in [1.54, 1.807) is 18.9 Å². The number of fused-ring (bicyclic) bond motifs is 2. The Labute approximate surface area is 220 Å². The number of hydrogen-bond donors (Lipinski definition) is 0. The fourth-order valence-corrected chi connectivity index (χ4v) is 6.26. The van der Waals surface area contributed by atoms with Crippen LogP contribution in [0.5, 0.6) is 5.75 Å². The quantitative estimate of drug-likeness (QED) is 0.287. The first kappa shape index (κ1) is 26.4. The molecule has 190 valence electrons. The van der Waals surface area contributed by atoms with Crippen molar-refractivity contribution in [3.05, 3.63) is 51.8 Å². The summed E-state index contributed by atoms with van der Waals surface area (Å²) in [5.41, 5.74) is 1.44. The van der Waals surface area contributed by atoms with E-state index >= 15 is 0 Å². The molecule has 0 spiro atoms. The Bertz CT molecular complexity index is 1080. The average Bonchev–Trinajstić information content (AvgIpc) is 3.04. The predicted octanol–water partition coefficient (Wildman–Crippen LogP) is 6.75. The first-order valence-corrected chi connectivity index (χ1v) is 13.4. The maximum absolute atomic E-state index is 13.5. The molecule has 2 aliphatic heterocycles. The second-order valence-corrected chi connectivity index (χ2v) is 12.1. The minimum Gasteiger partial charge on any atom is -0.464 e. The number of ether oxygens (including phenoxy) is 2. The number of carbonyl (C=O) groups is 1. The molecule has 2 aromatic rings. The third-order valence-corrected chi connectivity index (χ3v) is 8.37. The standard InChI is InChI=1S/C26H31Cl2FN2O3S/c1-26(2,3)14-35-19-10-22(28)24(34-15-33-4)23(11-19)31-17-6-7-18(31)13-30(12-17)25(32)20-8-5-16(29)9-21(20)27/h5,8-11,17-18H,6-7,12-15H2,1-4H3. The molecule has 5 nitrogen and oxygen atoms in total. The number of rotatable bonds is 7. The highest BCUT2D eigenvalue weighted by Gasteiger charge is 2.43. The van der Waals surface area contributed by atoms with E-state index in [0.717, 1.165) is 29.2 Å². The van der Waals surface area contributed by atoms with Gasteiger partial charge in [-0.25, -0.2) is 4.39 Å². The van der Waals surface area contributed by atoms with Gasteiger partial charge in [-0.1, -0.05) is 44.0 Å². The molecule has 0 aliphatic carbocycles. The van der Waals surface area contributed by atoms with Gasteiger partial charge >= 0.3 is 0 Å². The lowest BCUT2D eigenvalue weighted by atomic mass is 10.0. The summed E-state index contributed by atoms with van der Waals surface area (Å²) in [5.74, 6) is 0.928. The van der Waals surface area contributed by atoms with Crippen LogP contribution in [0, 0.1) is 11.2 Å². The van der Waals surface area contributed by atoms with Crippen LogP contribution in [0.25, 0.3) is 0 Å². The topological polar surface area (TPSA) is 42.0 Å². The van der Waals surface area contributed by atoms with Gasteiger partial charge in [0.05, 0.1) is 21.3 Å². The van der Waals surface area contributed by atoms with Gasteiger partial charge in [0, 0.05) is 42.9 Å². The molecule has 2 unspecified atom stereocenters. The number of amides is 1. The molecule has 2 saturated heterocycles. The van der Waals surface area contributed by atoms with Crippen LogP contribution >= 0.6 is 35.0 Å². The second kappa shape index (κ2) is 10.8. The first-order valence-electron chi connectivity index (χ1n) is 11.7. The summed E-state index contributed by atoms with van der Waals surface area (Å²) in [7, 11) is 1.58. The Balaban J connectivity index is 1.61. The van der Waals surface area contributed by atoms with Crippen molar-refractivity contribution in [2.45, 2.75) is 50.6 Å². The third kappa shape index (κ3) is 6.01. The summed E-state index contributed by atoms with van der Waals surface area (Å²) in [6.45, 7) is 7.82. The maximum atomic E-state index is 13.5. The lowest BCUT2D eigenvalue weighted by molar-refractivity contribution is 0.0512. The Hall–Kier alpha value is -1.67. The van der Waals surface area contributed by atoms with Crippen LogP contribution in [0.15, 0.2) is 35.2 Å². The number of thioether (sulfide) groups is 1. The number of anilines is 1. The molecule has 2 atom stereocenters. The summed E-state index contributed by atoms with van der Waals surface area (Å²) in [6, 6.07) is 8.23. The van der Waals surface area contributed by atoms with Gasteiger partial charge in [-0.3, -0.25) is 4.79 Å². The molecule has 0 aromatic heterocycles. The van der Waals surface area contributed by atoms with E-state index in [-0.39, 0.29) is 35.2 Å². The van der Waals surface area contributed by atoms with E-state index in [2.05, 4.69) is 31.7 Å². The fourth-order valence-electron chi connectivity index (χ4n) is 4.69. The van der Waals surface area contributed by atoms with Gasteiger partial charge in [0.15, 0.2) is 12.5 Å². The fraction of sp³-hybridized carbons (Fsp3) is 0.500. The van der Waals surface area contributed by atoms with Crippen molar-refractivity contribution in [1.82, 2.24) is 4.90 Å². The lowest BCUT2D eigenvalue weighted by Crippen LogP contribution is -2.55. The first-order chi connectivity index (χ1) is 16.6. The number of benzene rings is 2. The van der Waals surface area contributed by atoms with Crippen molar-refractivity contribution in [1.29, 1.82) is 0 Å². The van der Waals surface area contributed by atoms with Gasteiger partial charge in [-0.05, 0) is 48.6 Å². The van der Waals surface area contributed by atoms with Crippen LogP contribution in [0.3, 0.4) is 0 Å². The highest BCUT2D eigenvalue weighted by Crippen LogP contribution is 2.46. The highest BCUT2D eigenvalue weighted by atomic mass is 35.5. The van der Waals surface area contributed by atoms with Crippen molar-refractivity contribution in [3.8, 4) is 5.75 Å². The molecule has 0 saturated carbocycles. The number of hydrogen-bond acceptors (Lipinski definition) is 5. The molecule has 9 heteroatoms. The summed E-state index contributed by atoms with van der Waals surface area (Å²) in [6.07, 6.45) is 1.90. The highest BCUT2D eigenvalue weighted by molar-refractivity contribution is 7.99. The number of likely N-dealkylation sites (tertiary alicyclic amines) is 1. The third-order valence-electron chi connectivity index (χ3n) is 6.20. The Morgan fingerprint density at radius 3 is 2.40 bits per heavy atom. The van der Waals surface area contributed by atoms with Crippen molar-refractivity contribution in [2.75, 3.05) is 37.6 Å². The normalized spacial score (nSPS) is 19.9. The van der Waals surface area contributed by atoms with Gasteiger partial charge in [-0.15, -0.1) is 11.8 Å². The van der Waals surface area contributed by atoms with E-state index in [1.165, 1.54) is 18.2 Å². The van der Waals surface area contributed by atoms with Gasteiger partial charge in [-0.2, -0.15) is 0 Å². The van der Waals surface area contributed by atoms with E-state index in [0.29, 0.717) is 29.4 Å². The van der Waals surface area contributed by atoms with Gasteiger partial charge in [0.2, 0.25) is 0 Å². The summed E-state index contributed by atoms with van der Waals surface area (Å²) < 4.78 is 24.6. The Morgan fingerprint density at radius 2 is 1.80 bits per heavy atom. The van der Waals surface area contributed by atoms with E-state index in [1.807, 2.05) is 11.0 Å². The van der Waals surface area contributed by atoms with Crippen molar-refractivity contribution < 1.29 is 18.7 Å². The van der Waals surface area contributed by atoms with Crippen LogP contribution in [0.1, 0.15) is 44.0 Å². The smallest absolute Gasteiger partial charge is 0.255 e. The molecule has 1 amide bonds. The molecule has 2 fully saturated rings. The monoisotopic (exact) mass is 540 g/mol. The molecule has 4 rings (SSSR count). The molecule has 0 radical (unpaired) electrons. The zero-order valence-corrected chi connectivity index (χ0v) is 22.8. The number of carbonyl (C=O) groups excluding carboxylic acids is 1. The number of methoxy groups -OCH3 is 1. The van der Waals surface area contributed by atoms with Crippen molar-refractivity contribution in [3.63, 3.8) is 0 Å². The largest absolute Gasteiger partial charge is 0.464 e. The average molecular weight is 542 g/mol. The molecule has 35 heavy (non-hydrogen) atoms. The SMILES string of the molecule is COCOc1c(Cl)cc(SCC(C)(C)C)cc1N1C2CCC1CN(C(=O)c1ccc(F)cc1Cl)C2. The van der Waals surface area contributed by atoms with Gasteiger partial charge in [0.1, 0.15) is 5.82 Å². The molecule has 2 aliphatic rings. The van der Waals surface area contributed by atoms with Gasteiger partial charge < -0.3 is 19.3 Å². The van der Waals surface area contributed by atoms with Crippen LogP contribution < -0.4 is 9.64 Å². The molecule has 2 heterocycles. The van der Waals surface area contributed by atoms with E-state index < -0.39 is 5.82 Å². The predicted molar refractivity (Wildman–Crippen MR) is 141 cm³/mol. The molecular weight excluding hydrogens is 510 g/mol.